The van der Waals surface area contributed by atoms with Gasteiger partial charge in [-0.05, 0) is 42.5 Å². The number of fused-ring (bicyclic) bond motifs is 3. The number of carbonyl (C=O) groups excluding carboxylic acids is 3. The summed E-state index contributed by atoms with van der Waals surface area (Å²) in [6.45, 7) is 2.56. The first-order chi connectivity index (χ1) is 14.3. The zero-order valence-electron chi connectivity index (χ0n) is 16.6. The fourth-order valence-corrected chi connectivity index (χ4v) is 4.71. The van der Waals surface area contributed by atoms with Crippen LogP contribution in [0.3, 0.4) is 0 Å². The van der Waals surface area contributed by atoms with E-state index in [9.17, 15) is 24.6 Å². The lowest BCUT2D eigenvalue weighted by atomic mass is 9.78. The quantitative estimate of drug-likeness (QED) is 0.512. The van der Waals surface area contributed by atoms with Crippen molar-refractivity contribution in [3.63, 3.8) is 0 Å². The average Bonchev–Trinajstić information content (AvgIpc) is 2.69. The van der Waals surface area contributed by atoms with E-state index in [1.165, 1.54) is 13.8 Å². The van der Waals surface area contributed by atoms with Crippen molar-refractivity contribution in [3.8, 4) is 11.1 Å². The molecule has 30 heavy (non-hydrogen) atoms. The van der Waals surface area contributed by atoms with Crippen LogP contribution in [0.25, 0.3) is 11.1 Å². The summed E-state index contributed by atoms with van der Waals surface area (Å²) in [6, 6.07) is 11.2. The van der Waals surface area contributed by atoms with Crippen molar-refractivity contribution in [2.24, 2.45) is 5.92 Å². The van der Waals surface area contributed by atoms with Gasteiger partial charge in [-0.3, -0.25) is 14.4 Å². The first-order valence-electron chi connectivity index (χ1n) is 9.62. The normalized spacial score (nSPS) is 18.1. The maximum atomic E-state index is 13.3. The van der Waals surface area contributed by atoms with Crippen LogP contribution < -0.4 is 0 Å². The van der Waals surface area contributed by atoms with Crippen molar-refractivity contribution in [3.05, 3.63) is 53.1 Å². The largest absolute Gasteiger partial charge is 0.436 e. The number of ether oxygens (including phenoxy) is 2. The van der Waals surface area contributed by atoms with Crippen LogP contribution in [0, 0.1) is 5.92 Å². The highest BCUT2D eigenvalue weighted by atomic mass is 31.0. The third-order valence-corrected chi connectivity index (χ3v) is 5.98. The number of hydrogen-bond acceptors (Lipinski definition) is 7. The van der Waals surface area contributed by atoms with Gasteiger partial charge in [0, 0.05) is 5.56 Å². The maximum absolute atomic E-state index is 13.3. The Morgan fingerprint density at radius 2 is 1.63 bits per heavy atom. The smallest absolute Gasteiger partial charge is 0.311 e. The zero-order valence-corrected chi connectivity index (χ0v) is 17.5. The molecule has 4 unspecified atom stereocenters. The molecule has 1 aromatic heterocycles. The average molecular weight is 430 g/mol. The standard InChI is InChI=1S/C22H23O7P/c1-12(23)28-19(25)11-14(22(27)29-13(2)24)10-18-20(26)16-7-4-3-6-15(16)17-8-5-9-30-21(17)18/h3-9,12-14,18,23-24H,10-11H2,1-2H3. The van der Waals surface area contributed by atoms with Crippen molar-refractivity contribution < 1.29 is 34.1 Å². The summed E-state index contributed by atoms with van der Waals surface area (Å²) in [5, 5.41) is 19.6. The van der Waals surface area contributed by atoms with E-state index < -0.39 is 36.4 Å². The predicted molar refractivity (Wildman–Crippen MR) is 110 cm³/mol. The molecule has 0 amide bonds. The van der Waals surface area contributed by atoms with Gasteiger partial charge < -0.3 is 19.7 Å². The highest BCUT2D eigenvalue weighted by Crippen LogP contribution is 2.45. The number of Topliss-reactive ketones (excluding diaryl/α,β-unsaturated/α-hetero) is 1. The van der Waals surface area contributed by atoms with Gasteiger partial charge in [0.2, 0.25) is 0 Å². The Labute approximate surface area is 175 Å². The summed E-state index contributed by atoms with van der Waals surface area (Å²) < 4.78 is 9.64. The molecule has 158 valence electrons. The van der Waals surface area contributed by atoms with Crippen molar-refractivity contribution in [1.29, 1.82) is 0 Å². The summed E-state index contributed by atoms with van der Waals surface area (Å²) in [5.41, 5.74) is 2.35. The molecule has 0 saturated heterocycles. The number of carbonyl (C=O) groups is 3. The molecule has 1 aromatic carbocycles. The Hall–Kier alpha value is -2.60. The van der Waals surface area contributed by atoms with Crippen molar-refractivity contribution in [1.82, 2.24) is 0 Å². The number of aliphatic hydroxyl groups is 2. The SMILES string of the molecule is CC(O)OC(=O)CC(CC1C(=O)c2ccccc2-c2cccpc21)C(=O)OC(C)O. The van der Waals surface area contributed by atoms with E-state index in [2.05, 4.69) is 0 Å². The van der Waals surface area contributed by atoms with Crippen LogP contribution in [0.5, 0.6) is 0 Å². The Morgan fingerprint density at radius 1 is 1.00 bits per heavy atom. The monoisotopic (exact) mass is 430 g/mol. The summed E-state index contributed by atoms with van der Waals surface area (Å²) >= 11 is 0. The Kier molecular flexibility index (Phi) is 6.98. The lowest BCUT2D eigenvalue weighted by Gasteiger charge is -2.28. The number of benzene rings is 1. The van der Waals surface area contributed by atoms with Gasteiger partial charge >= 0.3 is 11.9 Å². The molecule has 7 nitrogen and oxygen atoms in total. The first kappa shape index (κ1) is 22.1. The number of rotatable bonds is 7. The molecule has 3 rings (SSSR count). The third-order valence-electron chi connectivity index (χ3n) is 4.82. The Balaban J connectivity index is 1.94. The molecule has 1 aliphatic carbocycles. The van der Waals surface area contributed by atoms with Crippen LogP contribution in [-0.4, -0.2) is 40.5 Å². The fraction of sp³-hybridized carbons (Fsp3) is 0.364. The first-order valence-corrected chi connectivity index (χ1v) is 10.6. The maximum Gasteiger partial charge on any atom is 0.311 e. The molecule has 2 N–H and O–H groups in total. The van der Waals surface area contributed by atoms with Gasteiger partial charge in [0.25, 0.3) is 0 Å². The summed E-state index contributed by atoms with van der Waals surface area (Å²) in [5.74, 6) is -1.43. The van der Waals surface area contributed by atoms with Crippen LogP contribution in [0.1, 0.15) is 48.3 Å². The molecular weight excluding hydrogens is 407 g/mol. The van der Waals surface area contributed by atoms with Crippen LogP contribution in [0.4, 0.5) is 0 Å². The van der Waals surface area contributed by atoms with Gasteiger partial charge in [-0.15, -0.1) is 0 Å². The van der Waals surface area contributed by atoms with Crippen LogP contribution in [0.15, 0.2) is 42.2 Å². The number of hydrogen-bond donors (Lipinski definition) is 2. The van der Waals surface area contributed by atoms with Gasteiger partial charge in [0.15, 0.2) is 18.4 Å². The Bertz CT molecular complexity index is 954. The van der Waals surface area contributed by atoms with Gasteiger partial charge in [0.1, 0.15) is 0 Å². The molecule has 0 spiro atoms. The second-order valence-corrected chi connectivity index (χ2v) is 8.20. The lowest BCUT2D eigenvalue weighted by Crippen LogP contribution is -2.30. The van der Waals surface area contributed by atoms with Gasteiger partial charge in [-0.2, -0.15) is 0 Å². The summed E-state index contributed by atoms with van der Waals surface area (Å²) in [6.07, 6.45) is -3.02. The van der Waals surface area contributed by atoms with E-state index in [0.717, 1.165) is 24.6 Å². The highest BCUT2D eigenvalue weighted by Gasteiger charge is 2.37. The topological polar surface area (TPSA) is 110 Å². The third kappa shape index (κ3) is 4.93. The zero-order chi connectivity index (χ0) is 21.8. The number of aliphatic hydroxyl groups excluding tert-OH is 2. The highest BCUT2D eigenvalue weighted by molar-refractivity contribution is 7.30. The van der Waals surface area contributed by atoms with E-state index in [0.29, 0.717) is 5.56 Å². The van der Waals surface area contributed by atoms with Gasteiger partial charge in [-0.25, -0.2) is 0 Å². The van der Waals surface area contributed by atoms with Crippen LogP contribution in [-0.2, 0) is 19.1 Å². The van der Waals surface area contributed by atoms with Gasteiger partial charge in [-0.1, -0.05) is 44.6 Å². The van der Waals surface area contributed by atoms with Gasteiger partial charge in [0.05, 0.1) is 18.3 Å². The minimum absolute atomic E-state index is 0.0289. The Morgan fingerprint density at radius 3 is 2.30 bits per heavy atom. The van der Waals surface area contributed by atoms with Crippen molar-refractivity contribution in [2.45, 2.75) is 45.2 Å². The second kappa shape index (κ2) is 9.47. The molecule has 0 fully saturated rings. The molecule has 0 bridgehead atoms. The van der Waals surface area contributed by atoms with E-state index in [1.807, 2.05) is 30.1 Å². The van der Waals surface area contributed by atoms with E-state index in [1.54, 1.807) is 12.1 Å². The molecule has 0 radical (unpaired) electrons. The van der Waals surface area contributed by atoms with E-state index >= 15 is 0 Å². The van der Waals surface area contributed by atoms with Crippen LogP contribution in [0.2, 0.25) is 0 Å². The minimum atomic E-state index is -1.35. The van der Waals surface area contributed by atoms with E-state index in [4.69, 9.17) is 9.47 Å². The number of esters is 2. The molecule has 1 heterocycles. The summed E-state index contributed by atoms with van der Waals surface area (Å²) in [4.78, 5) is 37.9. The van der Waals surface area contributed by atoms with E-state index in [-0.39, 0.29) is 18.6 Å². The van der Waals surface area contributed by atoms with Crippen molar-refractivity contribution in [2.75, 3.05) is 0 Å². The fourth-order valence-electron chi connectivity index (χ4n) is 3.64. The molecule has 0 aliphatic heterocycles. The van der Waals surface area contributed by atoms with Crippen molar-refractivity contribution >= 4 is 25.9 Å². The molecule has 0 saturated carbocycles. The molecule has 8 heteroatoms. The lowest BCUT2D eigenvalue weighted by molar-refractivity contribution is -0.177. The second-order valence-electron chi connectivity index (χ2n) is 7.16. The predicted octanol–water partition coefficient (Wildman–Crippen LogP) is 3.37. The number of ketones is 1. The minimum Gasteiger partial charge on any atom is -0.436 e. The molecular formula is C22H23O7P. The molecule has 4 atom stereocenters. The molecule has 2 aromatic rings. The summed E-state index contributed by atoms with van der Waals surface area (Å²) in [7, 11) is 0.845. The van der Waals surface area contributed by atoms with Crippen LogP contribution >= 0.6 is 8.19 Å². The molecule has 1 aliphatic rings.